The maximum absolute atomic E-state index is 13.2. The lowest BCUT2D eigenvalue weighted by atomic mass is 10.0. The third-order valence-corrected chi connectivity index (χ3v) is 6.27. The number of alkyl halides is 3. The van der Waals surface area contributed by atoms with Crippen LogP contribution >= 0.6 is 0 Å². The van der Waals surface area contributed by atoms with Crippen LogP contribution in [0.3, 0.4) is 0 Å². The molecule has 0 aliphatic carbocycles. The summed E-state index contributed by atoms with van der Waals surface area (Å²) < 4.78 is 41.7. The fourth-order valence-corrected chi connectivity index (χ4v) is 4.62. The Morgan fingerprint density at radius 1 is 0.970 bits per heavy atom. The van der Waals surface area contributed by atoms with E-state index in [4.69, 9.17) is 4.98 Å². The van der Waals surface area contributed by atoms with E-state index in [2.05, 4.69) is 23.6 Å². The van der Waals surface area contributed by atoms with Crippen LogP contribution in [0.5, 0.6) is 0 Å². The number of rotatable bonds is 4. The first-order valence-electron chi connectivity index (χ1n) is 10.8. The topological polar surface area (TPSA) is 38.1 Å². The summed E-state index contributed by atoms with van der Waals surface area (Å²) >= 11 is 0. The van der Waals surface area contributed by atoms with Crippen molar-refractivity contribution in [2.45, 2.75) is 31.5 Å². The molecule has 7 heteroatoms. The minimum absolute atomic E-state index is 0.0219. The van der Waals surface area contributed by atoms with E-state index >= 15 is 0 Å². The van der Waals surface area contributed by atoms with Crippen molar-refractivity contribution in [1.82, 2.24) is 9.55 Å². The number of anilines is 1. The van der Waals surface area contributed by atoms with Crippen LogP contribution in [0, 0.1) is 0 Å². The summed E-state index contributed by atoms with van der Waals surface area (Å²) in [7, 11) is 0. The molecule has 4 aromatic rings. The van der Waals surface area contributed by atoms with E-state index in [0.717, 1.165) is 34.6 Å². The van der Waals surface area contributed by atoms with Gasteiger partial charge >= 0.3 is 6.18 Å². The lowest BCUT2D eigenvalue weighted by Crippen LogP contribution is -2.25. The fraction of sp³-hybridized carbons (Fsp3) is 0.231. The highest BCUT2D eigenvalue weighted by molar-refractivity contribution is 5.96. The van der Waals surface area contributed by atoms with Crippen LogP contribution in [-0.2, 0) is 11.0 Å². The molecule has 5 rings (SSSR count). The lowest BCUT2D eigenvalue weighted by Gasteiger charge is -2.21. The average molecular weight is 449 g/mol. The predicted molar refractivity (Wildman–Crippen MR) is 121 cm³/mol. The Morgan fingerprint density at radius 3 is 2.45 bits per heavy atom. The van der Waals surface area contributed by atoms with Gasteiger partial charge in [0, 0.05) is 24.6 Å². The third-order valence-electron chi connectivity index (χ3n) is 6.27. The first-order valence-corrected chi connectivity index (χ1v) is 10.8. The summed E-state index contributed by atoms with van der Waals surface area (Å²) in [5, 5.41) is 0. The molecule has 33 heavy (non-hydrogen) atoms. The quantitative estimate of drug-likeness (QED) is 0.373. The molecule has 2 atom stereocenters. The van der Waals surface area contributed by atoms with Gasteiger partial charge in [-0.05, 0) is 42.8 Å². The lowest BCUT2D eigenvalue weighted by molar-refractivity contribution is -0.137. The summed E-state index contributed by atoms with van der Waals surface area (Å²) in [5.41, 5.74) is 2.41. The van der Waals surface area contributed by atoms with E-state index < -0.39 is 11.7 Å². The highest BCUT2D eigenvalue weighted by atomic mass is 19.4. The Morgan fingerprint density at radius 2 is 1.70 bits per heavy atom. The van der Waals surface area contributed by atoms with E-state index in [-0.39, 0.29) is 36.5 Å². The Bertz CT molecular complexity index is 1310. The van der Waals surface area contributed by atoms with E-state index in [1.807, 2.05) is 42.5 Å². The van der Waals surface area contributed by atoms with Gasteiger partial charge in [-0.3, -0.25) is 4.79 Å². The minimum Gasteiger partial charge on any atom is -0.320 e. The second kappa shape index (κ2) is 8.06. The maximum Gasteiger partial charge on any atom is 0.416 e. The molecular weight excluding hydrogens is 427 g/mol. The van der Waals surface area contributed by atoms with Crippen LogP contribution in [0.25, 0.3) is 11.0 Å². The van der Waals surface area contributed by atoms with E-state index in [9.17, 15) is 18.0 Å². The summed E-state index contributed by atoms with van der Waals surface area (Å²) in [4.78, 5) is 19.2. The number of hydrogen-bond acceptors (Lipinski definition) is 2. The van der Waals surface area contributed by atoms with Gasteiger partial charge in [-0.25, -0.2) is 4.98 Å². The van der Waals surface area contributed by atoms with Crippen LogP contribution in [0.15, 0.2) is 78.9 Å². The molecule has 1 aliphatic rings. The van der Waals surface area contributed by atoms with Crippen LogP contribution in [0.1, 0.15) is 42.3 Å². The number of amides is 1. The van der Waals surface area contributed by atoms with Gasteiger partial charge in [0.25, 0.3) is 0 Å². The van der Waals surface area contributed by atoms with Gasteiger partial charge in [-0.1, -0.05) is 48.5 Å². The van der Waals surface area contributed by atoms with Gasteiger partial charge in [0.15, 0.2) is 0 Å². The van der Waals surface area contributed by atoms with Crippen LogP contribution in [0.2, 0.25) is 0 Å². The number of carbonyl (C=O) groups is 1. The monoisotopic (exact) mass is 449 g/mol. The molecule has 2 heterocycles. The summed E-state index contributed by atoms with van der Waals surface area (Å²) in [6, 6.07) is 22.8. The van der Waals surface area contributed by atoms with Crippen molar-refractivity contribution < 1.29 is 18.0 Å². The molecule has 0 bridgehead atoms. The molecule has 1 aromatic heterocycles. The second-order valence-corrected chi connectivity index (χ2v) is 8.37. The van der Waals surface area contributed by atoms with Crippen molar-refractivity contribution in [3.05, 3.63) is 95.8 Å². The highest BCUT2D eigenvalue weighted by Gasteiger charge is 2.37. The zero-order valence-corrected chi connectivity index (χ0v) is 18.0. The molecule has 1 saturated heterocycles. The average Bonchev–Trinajstić information content (AvgIpc) is 3.39. The van der Waals surface area contributed by atoms with Gasteiger partial charge in [0.05, 0.1) is 22.6 Å². The van der Waals surface area contributed by atoms with Crippen molar-refractivity contribution in [2.75, 3.05) is 11.4 Å². The van der Waals surface area contributed by atoms with E-state index in [1.54, 1.807) is 6.07 Å². The normalized spacial score (nSPS) is 17.6. The Labute approximate surface area is 189 Å². The number of fused-ring (bicyclic) bond motifs is 1. The molecule has 1 aliphatic heterocycles. The molecule has 3 aromatic carbocycles. The first kappa shape index (κ1) is 21.2. The van der Waals surface area contributed by atoms with Crippen molar-refractivity contribution in [3.63, 3.8) is 0 Å². The minimum atomic E-state index is -4.46. The summed E-state index contributed by atoms with van der Waals surface area (Å²) in [6.45, 7) is 2.37. The number of imidazole rings is 1. The Hall–Kier alpha value is -3.61. The number of halogens is 3. The van der Waals surface area contributed by atoms with Crippen molar-refractivity contribution in [3.8, 4) is 0 Å². The Kier molecular flexibility index (Phi) is 5.19. The molecule has 1 amide bonds. The molecule has 168 valence electrons. The van der Waals surface area contributed by atoms with Crippen LogP contribution in [-0.4, -0.2) is 22.0 Å². The van der Waals surface area contributed by atoms with Gasteiger partial charge in [0.1, 0.15) is 5.82 Å². The maximum atomic E-state index is 13.2. The number of carbonyl (C=O) groups excluding carboxylic acids is 1. The van der Waals surface area contributed by atoms with E-state index in [0.29, 0.717) is 0 Å². The molecule has 0 saturated carbocycles. The second-order valence-electron chi connectivity index (χ2n) is 8.37. The zero-order chi connectivity index (χ0) is 23.2. The van der Waals surface area contributed by atoms with Gasteiger partial charge in [-0.15, -0.1) is 0 Å². The largest absolute Gasteiger partial charge is 0.416 e. The van der Waals surface area contributed by atoms with Gasteiger partial charge in [0.2, 0.25) is 5.91 Å². The van der Waals surface area contributed by atoms with Crippen LogP contribution < -0.4 is 4.90 Å². The number of benzene rings is 3. The van der Waals surface area contributed by atoms with Crippen molar-refractivity contribution in [2.24, 2.45) is 0 Å². The number of hydrogen-bond donors (Lipinski definition) is 0. The van der Waals surface area contributed by atoms with Gasteiger partial charge in [-0.2, -0.15) is 13.2 Å². The molecule has 0 radical (unpaired) electrons. The van der Waals surface area contributed by atoms with E-state index in [1.165, 1.54) is 11.0 Å². The molecule has 2 unspecified atom stereocenters. The SMILES string of the molecule is CC(c1ccccc1)n1c(C2CC(=O)N(c3cccc(C(F)(F)F)c3)C2)nc2ccccc21. The van der Waals surface area contributed by atoms with Crippen molar-refractivity contribution in [1.29, 1.82) is 0 Å². The molecule has 4 nitrogen and oxygen atoms in total. The number of para-hydroxylation sites is 2. The fourth-order valence-electron chi connectivity index (χ4n) is 4.62. The number of nitrogens with zero attached hydrogens (tertiary/aromatic N) is 3. The van der Waals surface area contributed by atoms with Crippen molar-refractivity contribution >= 4 is 22.6 Å². The molecule has 1 fully saturated rings. The summed E-state index contributed by atoms with van der Waals surface area (Å²) in [5.74, 6) is 0.339. The van der Waals surface area contributed by atoms with Crippen LogP contribution in [0.4, 0.5) is 18.9 Å². The summed E-state index contributed by atoms with van der Waals surface area (Å²) in [6.07, 6.45) is -4.27. The zero-order valence-electron chi connectivity index (χ0n) is 18.0. The smallest absolute Gasteiger partial charge is 0.320 e. The predicted octanol–water partition coefficient (Wildman–Crippen LogP) is 6.18. The standard InChI is InChI=1S/C26H22F3N3O/c1-17(18-8-3-2-4-9-18)32-23-13-6-5-12-22(23)30-25(32)19-14-24(33)31(16-19)21-11-7-10-20(15-21)26(27,28)29/h2-13,15,17,19H,14,16H2,1H3. The molecule has 0 spiro atoms. The molecular formula is C26H22F3N3O. The first-order chi connectivity index (χ1) is 15.8. The molecule has 0 N–H and O–H groups in total. The third kappa shape index (κ3) is 3.88. The number of aromatic nitrogens is 2. The highest BCUT2D eigenvalue weighted by Crippen LogP contribution is 2.38. The van der Waals surface area contributed by atoms with Gasteiger partial charge < -0.3 is 9.47 Å². The Balaban J connectivity index is 1.54.